The third-order valence-electron chi connectivity index (χ3n) is 3.76. The van der Waals surface area contributed by atoms with Gasteiger partial charge >= 0.3 is 0 Å². The van der Waals surface area contributed by atoms with E-state index in [4.69, 9.17) is 8.92 Å². The molecule has 2 bridgehead atoms. The molecule has 2 atom stereocenters. The van der Waals surface area contributed by atoms with Crippen LogP contribution in [0.15, 0.2) is 41.3 Å². The van der Waals surface area contributed by atoms with E-state index < -0.39 is 33.7 Å². The van der Waals surface area contributed by atoms with Gasteiger partial charge in [-0.2, -0.15) is 8.42 Å². The molecule has 2 aliphatic rings. The second-order valence-electron chi connectivity index (χ2n) is 5.17. The van der Waals surface area contributed by atoms with E-state index in [-0.39, 0.29) is 21.9 Å². The van der Waals surface area contributed by atoms with E-state index in [0.29, 0.717) is 0 Å². The Morgan fingerprint density at radius 3 is 2.61 bits per heavy atom. The number of halogens is 1. The summed E-state index contributed by atoms with van der Waals surface area (Å²) >= 11 is 0. The van der Waals surface area contributed by atoms with E-state index in [1.807, 2.05) is 0 Å². The summed E-state index contributed by atoms with van der Waals surface area (Å²) in [6.45, 7) is 0. The van der Waals surface area contributed by atoms with Crippen molar-refractivity contribution in [1.29, 1.82) is 0 Å². The SMILES string of the molecule is O=S(=O)(OC12C=CC(O1)c1c(O)[nH]c(O)c12)c1ccc(F)cc1. The number of ether oxygens (including phenoxy) is 1. The minimum atomic E-state index is -4.30. The fraction of sp³-hybridized carbons (Fsp3) is 0.143. The number of hydrogen-bond donors (Lipinski definition) is 3. The largest absolute Gasteiger partial charge is 0.494 e. The van der Waals surface area contributed by atoms with Crippen LogP contribution >= 0.6 is 0 Å². The molecule has 0 fully saturated rings. The lowest BCUT2D eigenvalue weighted by molar-refractivity contribution is -0.139. The molecule has 0 amide bonds. The topological polar surface area (TPSA) is 109 Å². The number of nitrogens with one attached hydrogen (secondary N) is 1. The van der Waals surface area contributed by atoms with E-state index in [1.54, 1.807) is 0 Å². The van der Waals surface area contributed by atoms with Crippen LogP contribution in [-0.2, 0) is 24.8 Å². The predicted octanol–water partition coefficient (Wildman–Crippen LogP) is 1.76. The van der Waals surface area contributed by atoms with E-state index in [9.17, 15) is 23.0 Å². The molecule has 2 aromatic rings. The molecule has 3 N–H and O–H groups in total. The van der Waals surface area contributed by atoms with Crippen molar-refractivity contribution in [2.75, 3.05) is 0 Å². The van der Waals surface area contributed by atoms with Crippen molar-refractivity contribution in [3.63, 3.8) is 0 Å². The van der Waals surface area contributed by atoms with Crippen molar-refractivity contribution in [3.05, 3.63) is 53.4 Å². The number of H-pyrrole nitrogens is 1. The smallest absolute Gasteiger partial charge is 0.300 e. The average molecular weight is 339 g/mol. The summed E-state index contributed by atoms with van der Waals surface area (Å²) in [5.74, 6) is -3.22. The van der Waals surface area contributed by atoms with Gasteiger partial charge in [0.15, 0.2) is 5.88 Å². The molecule has 2 aliphatic heterocycles. The summed E-state index contributed by atoms with van der Waals surface area (Å²) in [4.78, 5) is 2.04. The highest BCUT2D eigenvalue weighted by molar-refractivity contribution is 7.86. The summed E-state index contributed by atoms with van der Waals surface area (Å²) in [6.07, 6.45) is 2.12. The number of benzene rings is 1. The first kappa shape index (κ1) is 14.2. The average Bonchev–Trinajstić information content (AvgIpc) is 3.10. The molecular formula is C14H10FNO6S. The second-order valence-corrected chi connectivity index (χ2v) is 6.71. The summed E-state index contributed by atoms with van der Waals surface area (Å²) in [6, 6.07) is 4.09. The van der Waals surface area contributed by atoms with Crippen LogP contribution in [0.2, 0.25) is 0 Å². The van der Waals surface area contributed by atoms with Crippen molar-refractivity contribution in [2.45, 2.75) is 16.8 Å². The summed E-state index contributed by atoms with van der Waals surface area (Å²) in [5, 5.41) is 19.6. The number of aromatic hydroxyl groups is 2. The number of fused-ring (bicyclic) bond motifs is 5. The first-order valence-corrected chi connectivity index (χ1v) is 7.96. The zero-order valence-electron chi connectivity index (χ0n) is 11.4. The van der Waals surface area contributed by atoms with E-state index in [1.165, 1.54) is 12.2 Å². The van der Waals surface area contributed by atoms with Gasteiger partial charge in [0, 0.05) is 0 Å². The van der Waals surface area contributed by atoms with E-state index in [0.717, 1.165) is 24.3 Å². The van der Waals surface area contributed by atoms with Crippen molar-refractivity contribution in [3.8, 4) is 11.8 Å². The molecule has 0 spiro atoms. The first-order chi connectivity index (χ1) is 10.8. The molecule has 0 saturated carbocycles. The second kappa shape index (κ2) is 4.34. The standard InChI is InChI=1S/C14H10FNO6S/c15-7-1-3-8(4-2-7)23(19,20)22-14-6-5-9(21-14)10-11(14)13(18)16-12(10)17/h1-6,9,16-18H. The maximum atomic E-state index is 12.9. The van der Waals surface area contributed by atoms with Crippen LogP contribution in [0.25, 0.3) is 0 Å². The van der Waals surface area contributed by atoms with Gasteiger partial charge in [-0.05, 0) is 36.4 Å². The normalized spacial score (nSPS) is 25.0. The van der Waals surface area contributed by atoms with Gasteiger partial charge in [-0.25, -0.2) is 8.57 Å². The fourth-order valence-corrected chi connectivity index (χ4v) is 3.87. The molecule has 3 heterocycles. The first-order valence-electron chi connectivity index (χ1n) is 6.55. The third-order valence-corrected chi connectivity index (χ3v) is 5.08. The minimum Gasteiger partial charge on any atom is -0.494 e. The van der Waals surface area contributed by atoms with Crippen LogP contribution in [0.5, 0.6) is 11.8 Å². The Morgan fingerprint density at radius 2 is 1.91 bits per heavy atom. The molecular weight excluding hydrogens is 329 g/mol. The van der Waals surface area contributed by atoms with Gasteiger partial charge in [-0.15, -0.1) is 0 Å². The highest BCUT2D eigenvalue weighted by Gasteiger charge is 2.55. The molecule has 1 aromatic heterocycles. The molecule has 120 valence electrons. The molecule has 0 saturated heterocycles. The Bertz CT molecular complexity index is 933. The summed E-state index contributed by atoms with van der Waals surface area (Å²) in [5.41, 5.74) is 0.229. The molecule has 4 rings (SSSR count). The molecule has 9 heteroatoms. The van der Waals surface area contributed by atoms with Gasteiger partial charge in [0.1, 0.15) is 11.9 Å². The Labute approximate surface area is 129 Å². The Morgan fingerprint density at radius 1 is 1.22 bits per heavy atom. The number of aromatic nitrogens is 1. The Hall–Kier alpha value is -2.36. The van der Waals surface area contributed by atoms with Crippen LogP contribution in [0.1, 0.15) is 17.2 Å². The zero-order chi connectivity index (χ0) is 16.4. The molecule has 2 unspecified atom stereocenters. The van der Waals surface area contributed by atoms with Crippen molar-refractivity contribution in [2.24, 2.45) is 0 Å². The van der Waals surface area contributed by atoms with Gasteiger partial charge in [-0.1, -0.05) is 0 Å². The lowest BCUT2D eigenvalue weighted by Crippen LogP contribution is -2.28. The molecule has 0 radical (unpaired) electrons. The van der Waals surface area contributed by atoms with Crippen LogP contribution in [0.3, 0.4) is 0 Å². The lowest BCUT2D eigenvalue weighted by atomic mass is 9.99. The number of aromatic amines is 1. The van der Waals surface area contributed by atoms with Gasteiger partial charge in [-0.3, -0.25) is 4.98 Å². The van der Waals surface area contributed by atoms with Crippen LogP contribution < -0.4 is 0 Å². The quantitative estimate of drug-likeness (QED) is 0.581. The monoisotopic (exact) mass is 339 g/mol. The highest BCUT2D eigenvalue weighted by atomic mass is 32.2. The van der Waals surface area contributed by atoms with Gasteiger partial charge in [0.05, 0.1) is 16.0 Å². The van der Waals surface area contributed by atoms with Crippen molar-refractivity contribution in [1.82, 2.24) is 4.98 Å². The van der Waals surface area contributed by atoms with Crippen LogP contribution in [0.4, 0.5) is 4.39 Å². The van der Waals surface area contributed by atoms with Gasteiger partial charge in [0.25, 0.3) is 10.1 Å². The van der Waals surface area contributed by atoms with Crippen LogP contribution in [-0.4, -0.2) is 23.6 Å². The Kier molecular flexibility index (Phi) is 2.69. The maximum absolute atomic E-state index is 12.9. The highest BCUT2D eigenvalue weighted by Crippen LogP contribution is 2.57. The van der Waals surface area contributed by atoms with Crippen molar-refractivity contribution < 1.29 is 31.9 Å². The van der Waals surface area contributed by atoms with Crippen LogP contribution in [0, 0.1) is 5.82 Å². The van der Waals surface area contributed by atoms with Crippen molar-refractivity contribution >= 4 is 10.1 Å². The zero-order valence-corrected chi connectivity index (χ0v) is 12.2. The summed E-state index contributed by atoms with van der Waals surface area (Å²) in [7, 11) is -4.30. The molecule has 7 nitrogen and oxygen atoms in total. The van der Waals surface area contributed by atoms with Gasteiger partial charge < -0.3 is 14.9 Å². The third kappa shape index (κ3) is 1.90. The number of rotatable bonds is 3. The van der Waals surface area contributed by atoms with E-state index >= 15 is 0 Å². The van der Waals surface area contributed by atoms with Gasteiger partial charge in [0.2, 0.25) is 11.7 Å². The minimum absolute atomic E-state index is 0.00758. The van der Waals surface area contributed by atoms with E-state index in [2.05, 4.69) is 4.98 Å². The molecule has 23 heavy (non-hydrogen) atoms. The fourth-order valence-electron chi connectivity index (χ4n) is 2.80. The lowest BCUT2D eigenvalue weighted by Gasteiger charge is -2.23. The number of hydrogen-bond acceptors (Lipinski definition) is 6. The molecule has 1 aromatic carbocycles. The molecule has 0 aliphatic carbocycles. The predicted molar refractivity (Wildman–Crippen MR) is 73.4 cm³/mol. The summed E-state index contributed by atoms with van der Waals surface area (Å²) < 4.78 is 48.4. The Balaban J connectivity index is 1.78. The maximum Gasteiger partial charge on any atom is 0.300 e.